The highest BCUT2D eigenvalue weighted by atomic mass is 16.6. The summed E-state index contributed by atoms with van der Waals surface area (Å²) in [7, 11) is 0. The van der Waals surface area contributed by atoms with Gasteiger partial charge in [0.1, 0.15) is 5.60 Å². The molecule has 1 spiro atoms. The first-order valence-electron chi connectivity index (χ1n) is 6.72. The van der Waals surface area contributed by atoms with Crippen molar-refractivity contribution in [2.75, 3.05) is 19.6 Å². The van der Waals surface area contributed by atoms with Gasteiger partial charge in [0.05, 0.1) is 5.41 Å². The zero-order valence-corrected chi connectivity index (χ0v) is 11.8. The van der Waals surface area contributed by atoms with Crippen molar-refractivity contribution < 1.29 is 19.5 Å². The highest BCUT2D eigenvalue weighted by Gasteiger charge is 2.50. The first kappa shape index (κ1) is 14.1. The van der Waals surface area contributed by atoms with Crippen molar-refractivity contribution in [3.05, 3.63) is 0 Å². The van der Waals surface area contributed by atoms with Gasteiger partial charge in [-0.3, -0.25) is 10.0 Å². The molecule has 19 heavy (non-hydrogen) atoms. The number of piperidine rings is 1. The number of hydroxylamine groups is 2. The number of rotatable bonds is 0. The van der Waals surface area contributed by atoms with Crippen LogP contribution in [0, 0.1) is 5.41 Å². The average Bonchev–Trinajstić information content (AvgIpc) is 2.56. The van der Waals surface area contributed by atoms with E-state index in [0.717, 1.165) is 17.9 Å². The smallest absolute Gasteiger partial charge is 0.410 e. The third-order valence-electron chi connectivity index (χ3n) is 3.72. The molecular weight excluding hydrogens is 248 g/mol. The van der Waals surface area contributed by atoms with Crippen molar-refractivity contribution in [1.29, 1.82) is 0 Å². The zero-order valence-electron chi connectivity index (χ0n) is 11.8. The highest BCUT2D eigenvalue weighted by Crippen LogP contribution is 2.39. The summed E-state index contributed by atoms with van der Waals surface area (Å²) in [5.74, 6) is -0.263. The van der Waals surface area contributed by atoms with Gasteiger partial charge in [0.25, 0.3) is 5.91 Å². The molecule has 2 fully saturated rings. The summed E-state index contributed by atoms with van der Waals surface area (Å²) in [5.41, 5.74) is -1.14. The lowest BCUT2D eigenvalue weighted by atomic mass is 9.78. The largest absolute Gasteiger partial charge is 0.444 e. The molecule has 2 aliphatic heterocycles. The van der Waals surface area contributed by atoms with Crippen LogP contribution in [0.2, 0.25) is 0 Å². The molecule has 6 heteroatoms. The summed E-state index contributed by atoms with van der Waals surface area (Å²) in [6.07, 6.45) is 1.71. The summed E-state index contributed by atoms with van der Waals surface area (Å²) in [4.78, 5) is 25.7. The Morgan fingerprint density at radius 1 is 1.32 bits per heavy atom. The van der Waals surface area contributed by atoms with Crippen molar-refractivity contribution in [1.82, 2.24) is 9.96 Å². The van der Waals surface area contributed by atoms with Crippen LogP contribution in [0.15, 0.2) is 0 Å². The van der Waals surface area contributed by atoms with Gasteiger partial charge < -0.3 is 9.64 Å². The predicted molar refractivity (Wildman–Crippen MR) is 67.6 cm³/mol. The molecule has 0 aliphatic carbocycles. The second-order valence-electron chi connectivity index (χ2n) is 6.46. The van der Waals surface area contributed by atoms with Gasteiger partial charge in [-0.1, -0.05) is 0 Å². The van der Waals surface area contributed by atoms with Gasteiger partial charge in [0, 0.05) is 19.6 Å². The van der Waals surface area contributed by atoms with Crippen LogP contribution >= 0.6 is 0 Å². The van der Waals surface area contributed by atoms with Crippen molar-refractivity contribution in [2.24, 2.45) is 5.41 Å². The Bertz CT molecular complexity index is 387. The van der Waals surface area contributed by atoms with Crippen molar-refractivity contribution >= 4 is 12.0 Å². The lowest BCUT2D eigenvalue weighted by molar-refractivity contribution is -0.165. The van der Waals surface area contributed by atoms with E-state index in [1.165, 1.54) is 0 Å². The molecule has 0 saturated carbocycles. The number of carbonyl (C=O) groups is 2. The molecule has 0 radical (unpaired) electrons. The molecular formula is C13H22N2O4. The molecule has 1 unspecified atom stereocenters. The van der Waals surface area contributed by atoms with Crippen LogP contribution < -0.4 is 0 Å². The maximum atomic E-state index is 12.1. The topological polar surface area (TPSA) is 70.1 Å². The minimum atomic E-state index is -0.607. The number of amides is 2. The van der Waals surface area contributed by atoms with Gasteiger partial charge in [-0.15, -0.1) is 0 Å². The van der Waals surface area contributed by atoms with Crippen LogP contribution in [0.25, 0.3) is 0 Å². The van der Waals surface area contributed by atoms with Gasteiger partial charge in [-0.2, -0.15) is 0 Å². The van der Waals surface area contributed by atoms with E-state index in [4.69, 9.17) is 4.74 Å². The van der Waals surface area contributed by atoms with Crippen LogP contribution in [0.1, 0.15) is 40.0 Å². The fourth-order valence-electron chi connectivity index (χ4n) is 2.79. The van der Waals surface area contributed by atoms with Crippen molar-refractivity contribution in [3.8, 4) is 0 Å². The lowest BCUT2D eigenvalue weighted by Gasteiger charge is -2.38. The number of hydrogen-bond acceptors (Lipinski definition) is 4. The number of carbonyl (C=O) groups excluding carboxylic acids is 2. The van der Waals surface area contributed by atoms with Crippen LogP contribution in [0.3, 0.4) is 0 Å². The number of nitrogens with zero attached hydrogens (tertiary/aromatic N) is 2. The Hall–Kier alpha value is -1.30. The van der Waals surface area contributed by atoms with Crippen LogP contribution in [-0.2, 0) is 9.53 Å². The van der Waals surface area contributed by atoms with Gasteiger partial charge in [-0.25, -0.2) is 9.86 Å². The van der Waals surface area contributed by atoms with E-state index >= 15 is 0 Å². The van der Waals surface area contributed by atoms with Crippen molar-refractivity contribution in [3.63, 3.8) is 0 Å². The third-order valence-corrected chi connectivity index (χ3v) is 3.72. The predicted octanol–water partition coefficient (Wildman–Crippen LogP) is 1.63. The van der Waals surface area contributed by atoms with Crippen LogP contribution in [0.4, 0.5) is 4.79 Å². The molecule has 0 aromatic heterocycles. The monoisotopic (exact) mass is 270 g/mol. The van der Waals surface area contributed by atoms with E-state index in [9.17, 15) is 14.8 Å². The number of ether oxygens (including phenoxy) is 1. The van der Waals surface area contributed by atoms with E-state index < -0.39 is 11.0 Å². The summed E-state index contributed by atoms with van der Waals surface area (Å²) < 4.78 is 5.34. The molecule has 2 aliphatic rings. The zero-order chi connectivity index (χ0) is 14.3. The average molecular weight is 270 g/mol. The third kappa shape index (κ3) is 2.83. The normalized spacial score (nSPS) is 28.1. The molecule has 0 aromatic carbocycles. The molecule has 1 N–H and O–H groups in total. The fraction of sp³-hybridized carbons (Fsp3) is 0.846. The molecule has 2 saturated heterocycles. The van der Waals surface area contributed by atoms with Gasteiger partial charge >= 0.3 is 6.09 Å². The summed E-state index contributed by atoms with van der Waals surface area (Å²) in [6.45, 7) is 6.76. The quantitative estimate of drug-likeness (QED) is 0.679. The summed E-state index contributed by atoms with van der Waals surface area (Å²) in [6, 6.07) is 0. The fourth-order valence-corrected chi connectivity index (χ4v) is 2.79. The van der Waals surface area contributed by atoms with E-state index in [1.54, 1.807) is 4.90 Å². The summed E-state index contributed by atoms with van der Waals surface area (Å²) in [5, 5.41) is 10.3. The molecule has 6 nitrogen and oxygen atoms in total. The minimum absolute atomic E-state index is 0.263. The maximum absolute atomic E-state index is 12.1. The molecule has 0 aromatic rings. The molecule has 2 amide bonds. The Morgan fingerprint density at radius 3 is 2.53 bits per heavy atom. The van der Waals surface area contributed by atoms with Crippen molar-refractivity contribution in [2.45, 2.75) is 45.6 Å². The van der Waals surface area contributed by atoms with E-state index in [1.807, 2.05) is 20.8 Å². The second kappa shape index (κ2) is 4.67. The van der Waals surface area contributed by atoms with Crippen LogP contribution in [0.5, 0.6) is 0 Å². The lowest BCUT2D eigenvalue weighted by Crippen LogP contribution is -2.50. The molecule has 108 valence electrons. The Morgan fingerprint density at radius 2 is 2.00 bits per heavy atom. The number of hydrogen-bond donors (Lipinski definition) is 1. The van der Waals surface area contributed by atoms with Gasteiger partial charge in [0.2, 0.25) is 0 Å². The Kier molecular flexibility index (Phi) is 3.47. The van der Waals surface area contributed by atoms with E-state index in [2.05, 4.69) is 0 Å². The molecule has 2 heterocycles. The van der Waals surface area contributed by atoms with E-state index in [0.29, 0.717) is 26.1 Å². The highest BCUT2D eigenvalue weighted by molar-refractivity contribution is 5.85. The minimum Gasteiger partial charge on any atom is -0.444 e. The Balaban J connectivity index is 2.06. The SMILES string of the molecule is CC(C)(C)OC(=O)N1CCCC2(CCN(O)C2=O)C1. The van der Waals surface area contributed by atoms with E-state index in [-0.39, 0.29) is 12.0 Å². The first-order chi connectivity index (χ1) is 8.73. The number of likely N-dealkylation sites (tertiary alicyclic amines) is 1. The standard InChI is InChI=1S/C13H22N2O4/c1-12(2,3)19-11(17)14-7-4-5-13(9-14)6-8-15(18)10(13)16/h18H,4-9H2,1-3H3. The second-order valence-corrected chi connectivity index (χ2v) is 6.46. The van der Waals surface area contributed by atoms with Gasteiger partial charge in [0.15, 0.2) is 0 Å². The maximum Gasteiger partial charge on any atom is 0.410 e. The molecule has 2 rings (SSSR count). The van der Waals surface area contributed by atoms with Crippen LogP contribution in [-0.4, -0.2) is 52.4 Å². The summed E-state index contributed by atoms with van der Waals surface area (Å²) >= 11 is 0. The molecule has 1 atom stereocenters. The molecule has 0 bridgehead atoms. The Labute approximate surface area is 113 Å². The first-order valence-corrected chi connectivity index (χ1v) is 6.72. The van der Waals surface area contributed by atoms with Gasteiger partial charge in [-0.05, 0) is 40.0 Å².